The highest BCUT2D eigenvalue weighted by Gasteiger charge is 2.15. The van der Waals surface area contributed by atoms with Crippen molar-refractivity contribution in [3.63, 3.8) is 0 Å². The molecule has 0 saturated heterocycles. The summed E-state index contributed by atoms with van der Waals surface area (Å²) in [6.07, 6.45) is 1.58. The predicted molar refractivity (Wildman–Crippen MR) is 127 cm³/mol. The molecule has 9 heteroatoms. The summed E-state index contributed by atoms with van der Waals surface area (Å²) in [5.74, 6) is 1.17. The number of amides is 1. The lowest BCUT2D eigenvalue weighted by Crippen LogP contribution is -2.38. The molecule has 8 nitrogen and oxygen atoms in total. The van der Waals surface area contributed by atoms with Crippen molar-refractivity contribution in [2.45, 2.75) is 32.9 Å². The second kappa shape index (κ2) is 11.6. The van der Waals surface area contributed by atoms with Gasteiger partial charge in [0.05, 0.1) is 12.8 Å². The van der Waals surface area contributed by atoms with Gasteiger partial charge in [0.25, 0.3) is 0 Å². The molecule has 2 N–H and O–H groups in total. The molecule has 0 bridgehead atoms. The second-order valence-electron chi connectivity index (χ2n) is 6.94. The number of nitrogens with zero attached hydrogens (tertiary/aromatic N) is 4. The van der Waals surface area contributed by atoms with Crippen molar-refractivity contribution in [2.75, 3.05) is 26.5 Å². The average Bonchev–Trinajstić information content (AvgIpc) is 3.03. The normalized spacial score (nSPS) is 11.1. The summed E-state index contributed by atoms with van der Waals surface area (Å²) in [5, 5.41) is 10.6. The maximum Gasteiger partial charge on any atom is 0.411 e. The maximum atomic E-state index is 11.2. The van der Waals surface area contributed by atoms with Crippen molar-refractivity contribution in [1.82, 2.24) is 20.0 Å². The van der Waals surface area contributed by atoms with E-state index in [2.05, 4.69) is 50.4 Å². The van der Waals surface area contributed by atoms with Gasteiger partial charge in [0.1, 0.15) is 0 Å². The van der Waals surface area contributed by atoms with Gasteiger partial charge in [0, 0.05) is 51.7 Å². The number of nitrogens with one attached hydrogen (secondary N) is 2. The van der Waals surface area contributed by atoms with Crippen molar-refractivity contribution in [2.24, 2.45) is 12.0 Å². The Morgan fingerprint density at radius 2 is 1.97 bits per heavy atom. The summed E-state index contributed by atoms with van der Waals surface area (Å²) in [6, 6.07) is 7.57. The van der Waals surface area contributed by atoms with Crippen LogP contribution in [0.25, 0.3) is 0 Å². The molecule has 0 fully saturated rings. The number of guanidine groups is 1. The minimum absolute atomic E-state index is 0. The molecule has 1 aromatic carbocycles. The van der Waals surface area contributed by atoms with Crippen LogP contribution in [0.5, 0.6) is 0 Å². The highest BCUT2D eigenvalue weighted by atomic mass is 127. The Hall–Kier alpha value is -2.30. The Labute approximate surface area is 189 Å². The zero-order valence-corrected chi connectivity index (χ0v) is 20.2. The molecule has 0 spiro atoms. The molecular formula is C20H31IN6O2. The van der Waals surface area contributed by atoms with Crippen LogP contribution < -0.4 is 10.6 Å². The van der Waals surface area contributed by atoms with E-state index in [1.165, 1.54) is 12.7 Å². The molecule has 0 unspecified atom stereocenters. The molecule has 0 saturated carbocycles. The summed E-state index contributed by atoms with van der Waals surface area (Å²) in [4.78, 5) is 17.7. The van der Waals surface area contributed by atoms with Gasteiger partial charge >= 0.3 is 6.09 Å². The van der Waals surface area contributed by atoms with Crippen molar-refractivity contribution in [3.05, 3.63) is 47.3 Å². The van der Waals surface area contributed by atoms with Crippen molar-refractivity contribution >= 4 is 41.7 Å². The van der Waals surface area contributed by atoms with E-state index in [-0.39, 0.29) is 24.0 Å². The molecule has 1 heterocycles. The molecule has 1 amide bonds. The minimum atomic E-state index is -0.482. The zero-order chi connectivity index (χ0) is 20.7. The molecule has 0 aliphatic heterocycles. The average molecular weight is 514 g/mol. The lowest BCUT2D eigenvalue weighted by atomic mass is 10.1. The number of carbonyl (C=O) groups excluding carboxylic acids is 1. The first-order valence-corrected chi connectivity index (χ1v) is 9.22. The largest absolute Gasteiger partial charge is 0.453 e. The third kappa shape index (κ3) is 7.22. The summed E-state index contributed by atoms with van der Waals surface area (Å²) in [5.41, 5.74) is 4.07. The Balaban J connectivity index is 0.00000420. The molecule has 2 rings (SSSR count). The summed E-state index contributed by atoms with van der Waals surface area (Å²) < 4.78 is 6.45. The highest BCUT2D eigenvalue weighted by molar-refractivity contribution is 14.0. The summed E-state index contributed by atoms with van der Waals surface area (Å²) in [7, 11) is 7.07. The number of ether oxygens (including phenoxy) is 1. The van der Waals surface area contributed by atoms with Crippen LogP contribution in [0.1, 0.15) is 36.6 Å². The van der Waals surface area contributed by atoms with Gasteiger partial charge in [0.2, 0.25) is 0 Å². The van der Waals surface area contributed by atoms with Gasteiger partial charge < -0.3 is 15.0 Å². The number of aliphatic imine (C=N–C) groups is 1. The number of rotatable bonds is 6. The van der Waals surface area contributed by atoms with Crippen LogP contribution in [0.3, 0.4) is 0 Å². The van der Waals surface area contributed by atoms with E-state index in [0.29, 0.717) is 18.2 Å². The Morgan fingerprint density at radius 1 is 1.31 bits per heavy atom. The molecule has 2 aromatic rings. The topological polar surface area (TPSA) is 83.8 Å². The molecule has 0 aliphatic rings. The van der Waals surface area contributed by atoms with E-state index in [1.807, 2.05) is 43.0 Å². The van der Waals surface area contributed by atoms with Gasteiger partial charge in [-0.1, -0.05) is 26.0 Å². The van der Waals surface area contributed by atoms with E-state index in [1.54, 1.807) is 7.05 Å². The summed E-state index contributed by atoms with van der Waals surface area (Å²) >= 11 is 0. The number of halogens is 1. The first-order valence-electron chi connectivity index (χ1n) is 9.22. The predicted octanol–water partition coefficient (Wildman–Crippen LogP) is 3.55. The number of aryl methyl sites for hydroxylation is 1. The fraction of sp³-hybridized carbons (Fsp3) is 0.450. The lowest BCUT2D eigenvalue weighted by Gasteiger charge is -2.22. The van der Waals surface area contributed by atoms with Crippen molar-refractivity contribution in [1.29, 1.82) is 0 Å². The van der Waals surface area contributed by atoms with Gasteiger partial charge in [-0.15, -0.1) is 24.0 Å². The van der Waals surface area contributed by atoms with Crippen LogP contribution >= 0.6 is 24.0 Å². The molecule has 0 atom stereocenters. The van der Waals surface area contributed by atoms with Gasteiger partial charge in [-0.3, -0.25) is 15.0 Å². The van der Waals surface area contributed by atoms with Gasteiger partial charge in [0.15, 0.2) is 5.96 Å². The van der Waals surface area contributed by atoms with Gasteiger partial charge in [-0.2, -0.15) is 5.10 Å². The van der Waals surface area contributed by atoms with E-state index in [0.717, 1.165) is 23.8 Å². The number of hydrogen-bond acceptors (Lipinski definition) is 4. The van der Waals surface area contributed by atoms with Crippen LogP contribution in [0.15, 0.2) is 35.5 Å². The molecule has 1 aromatic heterocycles. The number of methoxy groups -OCH3 is 1. The van der Waals surface area contributed by atoms with Gasteiger partial charge in [-0.05, 0) is 23.6 Å². The molecule has 0 radical (unpaired) electrons. The SMILES string of the molecule is CN=C(NCc1ccc(NC(=O)OC)cc1)N(C)Cc1cn(C)nc1C(C)C.I. The number of anilines is 1. The lowest BCUT2D eigenvalue weighted by molar-refractivity contribution is 0.187. The third-order valence-corrected chi connectivity index (χ3v) is 4.30. The maximum absolute atomic E-state index is 11.2. The van der Waals surface area contributed by atoms with Crippen LogP contribution in [0.4, 0.5) is 10.5 Å². The first kappa shape index (κ1) is 24.7. The number of hydrogen-bond donors (Lipinski definition) is 2. The monoisotopic (exact) mass is 514 g/mol. The second-order valence-corrected chi connectivity index (χ2v) is 6.94. The quantitative estimate of drug-likeness (QED) is 0.350. The first-order chi connectivity index (χ1) is 13.3. The molecule has 160 valence electrons. The minimum Gasteiger partial charge on any atom is -0.453 e. The smallest absolute Gasteiger partial charge is 0.411 e. The Bertz CT molecular complexity index is 817. The molecular weight excluding hydrogens is 483 g/mol. The highest BCUT2D eigenvalue weighted by Crippen LogP contribution is 2.18. The molecule has 0 aliphatic carbocycles. The van der Waals surface area contributed by atoms with E-state index >= 15 is 0 Å². The number of benzene rings is 1. The third-order valence-electron chi connectivity index (χ3n) is 4.30. The van der Waals surface area contributed by atoms with Crippen LogP contribution in [0.2, 0.25) is 0 Å². The van der Waals surface area contributed by atoms with Crippen molar-refractivity contribution < 1.29 is 9.53 Å². The standard InChI is InChI=1S/C20H30N6O2.HI/c1-14(2)18-16(13-26(5)24-18)12-25(4)19(21-3)22-11-15-7-9-17(10-8-15)23-20(27)28-6;/h7-10,13-14H,11-12H2,1-6H3,(H,21,22)(H,23,27);1H. The summed E-state index contributed by atoms with van der Waals surface area (Å²) in [6.45, 7) is 5.65. The van der Waals surface area contributed by atoms with E-state index in [9.17, 15) is 4.79 Å². The van der Waals surface area contributed by atoms with E-state index in [4.69, 9.17) is 0 Å². The van der Waals surface area contributed by atoms with Crippen LogP contribution in [0, 0.1) is 0 Å². The Morgan fingerprint density at radius 3 is 2.52 bits per heavy atom. The zero-order valence-electron chi connectivity index (χ0n) is 17.9. The fourth-order valence-corrected chi connectivity index (χ4v) is 2.93. The van der Waals surface area contributed by atoms with Gasteiger partial charge in [-0.25, -0.2) is 4.79 Å². The van der Waals surface area contributed by atoms with Crippen LogP contribution in [-0.4, -0.2) is 47.9 Å². The number of carbonyl (C=O) groups is 1. The number of aromatic nitrogens is 2. The Kier molecular flexibility index (Phi) is 9.93. The van der Waals surface area contributed by atoms with Crippen LogP contribution in [-0.2, 0) is 24.9 Å². The molecule has 29 heavy (non-hydrogen) atoms. The fourth-order valence-electron chi connectivity index (χ4n) is 2.93. The van der Waals surface area contributed by atoms with Crippen molar-refractivity contribution in [3.8, 4) is 0 Å². The van der Waals surface area contributed by atoms with E-state index < -0.39 is 6.09 Å².